The molecule has 6 heteroatoms. The van der Waals surface area contributed by atoms with Crippen LogP contribution in [0.3, 0.4) is 0 Å². The minimum atomic E-state index is -0.459. The summed E-state index contributed by atoms with van der Waals surface area (Å²) in [6, 6.07) is 10.1. The van der Waals surface area contributed by atoms with Gasteiger partial charge in [-0.2, -0.15) is 0 Å². The standard InChI is InChI=1S/C18H25N3O3/c1-14-19-20-18(24-14)8-5-9-21-10-11-23-13-16(21)12-17(22)15-6-3-2-4-7-15/h2-4,6-7,16-17,22H,5,8-13H2,1H3. The Morgan fingerprint density at radius 1 is 1.29 bits per heavy atom. The quantitative estimate of drug-likeness (QED) is 0.838. The molecule has 24 heavy (non-hydrogen) atoms. The van der Waals surface area contributed by atoms with Crippen LogP contribution in [0.2, 0.25) is 0 Å². The lowest BCUT2D eigenvalue weighted by Crippen LogP contribution is -2.46. The van der Waals surface area contributed by atoms with Crippen molar-refractivity contribution >= 4 is 0 Å². The molecule has 0 saturated carbocycles. The molecule has 2 unspecified atom stereocenters. The largest absolute Gasteiger partial charge is 0.426 e. The van der Waals surface area contributed by atoms with E-state index in [1.54, 1.807) is 6.92 Å². The van der Waals surface area contributed by atoms with Gasteiger partial charge in [-0.1, -0.05) is 30.3 Å². The second-order valence-electron chi connectivity index (χ2n) is 6.25. The molecule has 0 aliphatic carbocycles. The molecule has 2 atom stereocenters. The van der Waals surface area contributed by atoms with Gasteiger partial charge in [-0.15, -0.1) is 10.2 Å². The first-order chi connectivity index (χ1) is 11.7. The van der Waals surface area contributed by atoms with E-state index in [1.807, 2.05) is 30.3 Å². The van der Waals surface area contributed by atoms with Crippen LogP contribution < -0.4 is 0 Å². The van der Waals surface area contributed by atoms with E-state index in [2.05, 4.69) is 15.1 Å². The number of aliphatic hydroxyl groups excluding tert-OH is 1. The normalized spacial score (nSPS) is 20.2. The maximum Gasteiger partial charge on any atom is 0.216 e. The zero-order chi connectivity index (χ0) is 16.8. The predicted octanol–water partition coefficient (Wildman–Crippen LogP) is 2.14. The smallest absolute Gasteiger partial charge is 0.216 e. The molecule has 6 nitrogen and oxygen atoms in total. The highest BCUT2D eigenvalue weighted by molar-refractivity contribution is 5.17. The van der Waals surface area contributed by atoms with Crippen molar-refractivity contribution in [1.82, 2.24) is 15.1 Å². The first kappa shape index (κ1) is 17.1. The van der Waals surface area contributed by atoms with Crippen molar-refractivity contribution in [2.24, 2.45) is 0 Å². The van der Waals surface area contributed by atoms with Crippen LogP contribution >= 0.6 is 0 Å². The van der Waals surface area contributed by atoms with Gasteiger partial charge in [0.25, 0.3) is 0 Å². The number of nitrogens with zero attached hydrogens (tertiary/aromatic N) is 3. The molecule has 1 fully saturated rings. The summed E-state index contributed by atoms with van der Waals surface area (Å²) in [6.45, 7) is 5.06. The summed E-state index contributed by atoms with van der Waals surface area (Å²) in [5.41, 5.74) is 0.962. The zero-order valence-electron chi connectivity index (χ0n) is 14.1. The summed E-state index contributed by atoms with van der Waals surface area (Å²) in [4.78, 5) is 2.40. The third-order valence-corrected chi connectivity index (χ3v) is 4.43. The van der Waals surface area contributed by atoms with Gasteiger partial charge in [0, 0.05) is 25.9 Å². The van der Waals surface area contributed by atoms with Gasteiger partial charge in [-0.25, -0.2) is 0 Å². The minimum absolute atomic E-state index is 0.235. The Kier molecular flexibility index (Phi) is 5.96. The average molecular weight is 331 g/mol. The molecule has 1 aromatic heterocycles. The van der Waals surface area contributed by atoms with Crippen molar-refractivity contribution in [3.8, 4) is 0 Å². The minimum Gasteiger partial charge on any atom is -0.426 e. The fourth-order valence-corrected chi connectivity index (χ4v) is 3.14. The molecule has 0 bridgehead atoms. The van der Waals surface area contributed by atoms with Crippen LogP contribution in [0.5, 0.6) is 0 Å². The number of aliphatic hydroxyl groups is 1. The number of ether oxygens (including phenoxy) is 1. The van der Waals surface area contributed by atoms with E-state index in [9.17, 15) is 5.11 Å². The number of hydrogen-bond donors (Lipinski definition) is 1. The molecule has 2 heterocycles. The lowest BCUT2D eigenvalue weighted by atomic mass is 10.0. The number of hydrogen-bond acceptors (Lipinski definition) is 6. The van der Waals surface area contributed by atoms with Gasteiger partial charge >= 0.3 is 0 Å². The van der Waals surface area contributed by atoms with Gasteiger partial charge < -0.3 is 14.3 Å². The maximum atomic E-state index is 10.5. The van der Waals surface area contributed by atoms with E-state index < -0.39 is 6.10 Å². The number of rotatable bonds is 7. The number of morpholine rings is 1. The van der Waals surface area contributed by atoms with E-state index >= 15 is 0 Å². The predicted molar refractivity (Wildman–Crippen MR) is 89.6 cm³/mol. The molecular weight excluding hydrogens is 306 g/mol. The van der Waals surface area contributed by atoms with Gasteiger partial charge in [-0.05, 0) is 24.9 Å². The van der Waals surface area contributed by atoms with Crippen molar-refractivity contribution in [2.75, 3.05) is 26.3 Å². The van der Waals surface area contributed by atoms with Gasteiger partial charge in [-0.3, -0.25) is 4.90 Å². The molecule has 0 radical (unpaired) electrons. The van der Waals surface area contributed by atoms with E-state index in [4.69, 9.17) is 9.15 Å². The third-order valence-electron chi connectivity index (χ3n) is 4.43. The molecule has 130 valence electrons. The fourth-order valence-electron chi connectivity index (χ4n) is 3.14. The Labute approximate surface area is 142 Å². The summed E-state index contributed by atoms with van der Waals surface area (Å²) >= 11 is 0. The Morgan fingerprint density at radius 2 is 2.12 bits per heavy atom. The molecule has 1 aromatic carbocycles. The van der Waals surface area contributed by atoms with E-state index in [1.165, 1.54) is 0 Å². The molecule has 1 aliphatic heterocycles. The summed E-state index contributed by atoms with van der Waals surface area (Å²) in [7, 11) is 0. The van der Waals surface area contributed by atoms with Crippen molar-refractivity contribution in [2.45, 2.75) is 38.3 Å². The zero-order valence-corrected chi connectivity index (χ0v) is 14.1. The number of aromatic nitrogens is 2. The summed E-state index contributed by atoms with van der Waals surface area (Å²) in [5.74, 6) is 1.31. The molecule has 1 N–H and O–H groups in total. The first-order valence-corrected chi connectivity index (χ1v) is 8.56. The van der Waals surface area contributed by atoms with E-state index in [0.717, 1.165) is 38.1 Å². The molecular formula is C18H25N3O3. The summed E-state index contributed by atoms with van der Waals surface area (Å²) < 4.78 is 11.0. The topological polar surface area (TPSA) is 71.6 Å². The van der Waals surface area contributed by atoms with E-state index in [0.29, 0.717) is 24.8 Å². The summed E-state index contributed by atoms with van der Waals surface area (Å²) in [6.07, 6.45) is 1.97. The third kappa shape index (κ3) is 4.63. The number of aryl methyl sites for hydroxylation is 2. The Morgan fingerprint density at radius 3 is 2.88 bits per heavy atom. The van der Waals surface area contributed by atoms with Crippen molar-refractivity contribution in [3.05, 3.63) is 47.7 Å². The van der Waals surface area contributed by atoms with E-state index in [-0.39, 0.29) is 6.04 Å². The van der Waals surface area contributed by atoms with Crippen LogP contribution in [-0.2, 0) is 11.2 Å². The van der Waals surface area contributed by atoms with Crippen molar-refractivity contribution in [1.29, 1.82) is 0 Å². The molecule has 3 rings (SSSR count). The second kappa shape index (κ2) is 8.37. The fraction of sp³-hybridized carbons (Fsp3) is 0.556. The van der Waals surface area contributed by atoms with Gasteiger partial charge in [0.1, 0.15) is 0 Å². The van der Waals surface area contributed by atoms with Crippen LogP contribution in [0.1, 0.15) is 36.3 Å². The molecule has 1 saturated heterocycles. The van der Waals surface area contributed by atoms with Crippen LogP contribution in [0.15, 0.2) is 34.7 Å². The molecule has 1 aliphatic rings. The van der Waals surface area contributed by atoms with Crippen LogP contribution in [-0.4, -0.2) is 52.5 Å². The maximum absolute atomic E-state index is 10.5. The van der Waals surface area contributed by atoms with Crippen LogP contribution in [0.4, 0.5) is 0 Å². The molecule has 0 spiro atoms. The highest BCUT2D eigenvalue weighted by atomic mass is 16.5. The first-order valence-electron chi connectivity index (χ1n) is 8.56. The van der Waals surface area contributed by atoms with Crippen LogP contribution in [0.25, 0.3) is 0 Å². The Bertz CT molecular complexity index is 617. The molecule has 0 amide bonds. The monoisotopic (exact) mass is 331 g/mol. The SMILES string of the molecule is Cc1nnc(CCCN2CCOCC2CC(O)c2ccccc2)o1. The molecule has 2 aromatic rings. The highest BCUT2D eigenvalue weighted by Crippen LogP contribution is 2.22. The van der Waals surface area contributed by atoms with Crippen LogP contribution in [0, 0.1) is 6.92 Å². The Balaban J connectivity index is 1.51. The lowest BCUT2D eigenvalue weighted by molar-refractivity contribution is -0.0265. The van der Waals surface area contributed by atoms with Crippen molar-refractivity contribution < 1.29 is 14.3 Å². The van der Waals surface area contributed by atoms with Gasteiger partial charge in [0.15, 0.2) is 0 Å². The second-order valence-corrected chi connectivity index (χ2v) is 6.25. The Hall–Kier alpha value is -1.76. The summed E-state index contributed by atoms with van der Waals surface area (Å²) in [5, 5.41) is 18.4. The van der Waals surface area contributed by atoms with Gasteiger partial charge in [0.2, 0.25) is 11.8 Å². The lowest BCUT2D eigenvalue weighted by Gasteiger charge is -2.36. The van der Waals surface area contributed by atoms with Crippen molar-refractivity contribution in [3.63, 3.8) is 0 Å². The van der Waals surface area contributed by atoms with Gasteiger partial charge in [0.05, 0.1) is 19.3 Å². The average Bonchev–Trinajstić information content (AvgIpc) is 3.02. The highest BCUT2D eigenvalue weighted by Gasteiger charge is 2.25. The number of benzene rings is 1.